The number of hydrogen-bond donors (Lipinski definition) is 0. The fourth-order valence-electron chi connectivity index (χ4n) is 6.39. The standard InChI is InChI=1S/C36H26/c1-22-10-16-30-33(18-22)34(28-13-11-23-6-2-4-8-25(23)19-28)31-17-15-27-21-32(27)36(31)35(30)29-14-12-24-7-3-5-9-26(24)20-29/h2-3,5-7,9-20H,4,8,21H2,1H3. The molecule has 0 heteroatoms. The smallest absolute Gasteiger partial charge is 0.00135 e. The summed E-state index contributed by atoms with van der Waals surface area (Å²) in [6.45, 7) is 2.22. The maximum atomic E-state index is 2.45. The van der Waals surface area contributed by atoms with E-state index in [0.29, 0.717) is 0 Å². The van der Waals surface area contributed by atoms with Crippen LogP contribution in [0, 0.1) is 6.92 Å². The Kier molecular flexibility index (Phi) is 4.14. The molecule has 6 aromatic carbocycles. The zero-order valence-electron chi connectivity index (χ0n) is 20.4. The van der Waals surface area contributed by atoms with Crippen molar-refractivity contribution in [2.24, 2.45) is 0 Å². The molecule has 2 aliphatic carbocycles. The number of benzene rings is 6. The van der Waals surface area contributed by atoms with Crippen LogP contribution in [-0.2, 0) is 12.8 Å². The molecule has 36 heavy (non-hydrogen) atoms. The minimum Gasteiger partial charge on any atom is -0.0836 e. The predicted molar refractivity (Wildman–Crippen MR) is 155 cm³/mol. The van der Waals surface area contributed by atoms with E-state index < -0.39 is 0 Å². The maximum absolute atomic E-state index is 2.45. The first kappa shape index (κ1) is 20.1. The SMILES string of the molecule is Cc1ccc2c(-c3ccc4ccccc4c3)c3c4c(ccc3c(-c3ccc5c(c3)CCC=C5)c2c1)C4. The Bertz CT molecular complexity index is 1910. The second-order valence-electron chi connectivity index (χ2n) is 10.5. The van der Waals surface area contributed by atoms with Gasteiger partial charge in [0.05, 0.1) is 0 Å². The van der Waals surface area contributed by atoms with Gasteiger partial charge in [0.1, 0.15) is 0 Å². The van der Waals surface area contributed by atoms with Gasteiger partial charge in [0.25, 0.3) is 0 Å². The number of hydrogen-bond acceptors (Lipinski definition) is 0. The van der Waals surface area contributed by atoms with Crippen molar-refractivity contribution in [1.29, 1.82) is 0 Å². The summed E-state index contributed by atoms with van der Waals surface area (Å²) in [5, 5.41) is 8.15. The van der Waals surface area contributed by atoms with E-state index in [9.17, 15) is 0 Å². The Morgan fingerprint density at radius 2 is 1.44 bits per heavy atom. The summed E-state index contributed by atoms with van der Waals surface area (Å²) < 4.78 is 0. The van der Waals surface area contributed by atoms with Crippen molar-refractivity contribution in [3.63, 3.8) is 0 Å². The lowest BCUT2D eigenvalue weighted by molar-refractivity contribution is 0.986. The van der Waals surface area contributed by atoms with Crippen LogP contribution in [0.15, 0.2) is 97.1 Å². The molecule has 0 amide bonds. The van der Waals surface area contributed by atoms with Crippen LogP contribution in [0.3, 0.4) is 0 Å². The third-order valence-electron chi connectivity index (χ3n) is 8.23. The summed E-state index contributed by atoms with van der Waals surface area (Å²) in [5.41, 5.74) is 12.6. The van der Waals surface area contributed by atoms with Gasteiger partial charge < -0.3 is 0 Å². The summed E-state index contributed by atoms with van der Waals surface area (Å²) in [5.74, 6) is 0. The molecule has 0 unspecified atom stereocenters. The van der Waals surface area contributed by atoms with E-state index in [1.165, 1.54) is 82.4 Å². The summed E-state index contributed by atoms with van der Waals surface area (Å²) in [4.78, 5) is 0. The van der Waals surface area contributed by atoms with Gasteiger partial charge in [0, 0.05) is 0 Å². The Labute approximate surface area is 211 Å². The molecule has 0 saturated carbocycles. The van der Waals surface area contributed by atoms with Crippen LogP contribution in [0.1, 0.15) is 34.2 Å². The highest BCUT2D eigenvalue weighted by atomic mass is 14.3. The molecule has 0 aliphatic heterocycles. The molecule has 0 spiro atoms. The molecule has 0 saturated heterocycles. The van der Waals surface area contributed by atoms with E-state index in [2.05, 4.69) is 110 Å². The van der Waals surface area contributed by atoms with Crippen molar-refractivity contribution < 1.29 is 0 Å². The first-order valence-electron chi connectivity index (χ1n) is 13.0. The van der Waals surface area contributed by atoms with Crippen LogP contribution in [0.2, 0.25) is 0 Å². The van der Waals surface area contributed by atoms with Gasteiger partial charge in [-0.1, -0.05) is 103 Å². The molecule has 170 valence electrons. The van der Waals surface area contributed by atoms with Crippen molar-refractivity contribution >= 4 is 38.4 Å². The van der Waals surface area contributed by atoms with Crippen molar-refractivity contribution in [3.05, 3.63) is 125 Å². The average Bonchev–Trinajstić information content (AvgIpc) is 3.71. The Morgan fingerprint density at radius 1 is 0.611 bits per heavy atom. The van der Waals surface area contributed by atoms with Gasteiger partial charge >= 0.3 is 0 Å². The van der Waals surface area contributed by atoms with E-state index in [-0.39, 0.29) is 0 Å². The van der Waals surface area contributed by atoms with E-state index >= 15 is 0 Å². The molecule has 0 aromatic heterocycles. The molecule has 0 fully saturated rings. The third kappa shape index (κ3) is 2.94. The highest BCUT2D eigenvalue weighted by Crippen LogP contribution is 2.49. The quantitative estimate of drug-likeness (QED) is 0.226. The van der Waals surface area contributed by atoms with Crippen molar-refractivity contribution in [2.75, 3.05) is 0 Å². The minimum atomic E-state index is 1.11. The summed E-state index contributed by atoms with van der Waals surface area (Å²) in [6.07, 6.45) is 7.94. The maximum Gasteiger partial charge on any atom is -0.00135 e. The molecular weight excluding hydrogens is 432 g/mol. The summed E-state index contributed by atoms with van der Waals surface area (Å²) >= 11 is 0. The second kappa shape index (κ2) is 7.42. The normalized spacial score (nSPS) is 13.8. The number of allylic oxidation sites excluding steroid dienone is 1. The lowest BCUT2D eigenvalue weighted by Crippen LogP contribution is -1.96. The summed E-state index contributed by atoms with van der Waals surface area (Å²) in [6, 6.07) is 34.6. The van der Waals surface area contributed by atoms with Gasteiger partial charge in [-0.05, 0) is 109 Å². The highest BCUT2D eigenvalue weighted by Gasteiger charge is 2.26. The monoisotopic (exact) mass is 458 g/mol. The van der Waals surface area contributed by atoms with Crippen LogP contribution in [-0.4, -0.2) is 0 Å². The topological polar surface area (TPSA) is 0 Å². The third-order valence-corrected chi connectivity index (χ3v) is 8.23. The van der Waals surface area contributed by atoms with Gasteiger partial charge in [0.2, 0.25) is 0 Å². The van der Waals surface area contributed by atoms with Crippen LogP contribution < -0.4 is 0 Å². The fraction of sp³-hybridized carbons (Fsp3) is 0.111. The van der Waals surface area contributed by atoms with E-state index in [0.717, 1.165) is 19.3 Å². The Morgan fingerprint density at radius 3 is 2.39 bits per heavy atom. The molecular formula is C36H26. The molecule has 0 bridgehead atoms. The van der Waals surface area contributed by atoms with Gasteiger partial charge in [-0.2, -0.15) is 0 Å². The fourth-order valence-corrected chi connectivity index (χ4v) is 6.39. The molecule has 0 radical (unpaired) electrons. The summed E-state index contributed by atoms with van der Waals surface area (Å²) in [7, 11) is 0. The van der Waals surface area contributed by atoms with Gasteiger partial charge in [-0.15, -0.1) is 0 Å². The predicted octanol–water partition coefficient (Wildman–Crippen LogP) is 9.65. The molecule has 0 nitrogen and oxygen atoms in total. The van der Waals surface area contributed by atoms with E-state index in [1.54, 1.807) is 0 Å². The zero-order valence-corrected chi connectivity index (χ0v) is 20.4. The van der Waals surface area contributed by atoms with Gasteiger partial charge in [-0.3, -0.25) is 0 Å². The lowest BCUT2D eigenvalue weighted by atomic mass is 9.83. The lowest BCUT2D eigenvalue weighted by Gasteiger charge is -2.20. The molecule has 0 atom stereocenters. The first-order valence-corrected chi connectivity index (χ1v) is 13.0. The molecule has 0 N–H and O–H groups in total. The van der Waals surface area contributed by atoms with Crippen LogP contribution in [0.4, 0.5) is 0 Å². The number of fused-ring (bicyclic) bond motifs is 6. The molecule has 2 aliphatic rings. The second-order valence-corrected chi connectivity index (χ2v) is 10.5. The van der Waals surface area contributed by atoms with Crippen molar-refractivity contribution in [1.82, 2.24) is 0 Å². The molecule has 6 aromatic rings. The Balaban J connectivity index is 1.52. The minimum absolute atomic E-state index is 1.11. The van der Waals surface area contributed by atoms with E-state index in [4.69, 9.17) is 0 Å². The first-order chi connectivity index (χ1) is 17.7. The van der Waals surface area contributed by atoms with E-state index in [1.807, 2.05) is 0 Å². The van der Waals surface area contributed by atoms with Crippen molar-refractivity contribution in [2.45, 2.75) is 26.2 Å². The van der Waals surface area contributed by atoms with Gasteiger partial charge in [-0.25, -0.2) is 0 Å². The number of rotatable bonds is 2. The zero-order chi connectivity index (χ0) is 23.8. The van der Waals surface area contributed by atoms with Crippen LogP contribution in [0.25, 0.3) is 60.6 Å². The average molecular weight is 459 g/mol. The largest absolute Gasteiger partial charge is 0.0836 e. The Hall–Kier alpha value is -4.16. The van der Waals surface area contributed by atoms with Crippen LogP contribution >= 0.6 is 0 Å². The molecule has 8 rings (SSSR count). The van der Waals surface area contributed by atoms with Gasteiger partial charge in [0.15, 0.2) is 0 Å². The van der Waals surface area contributed by atoms with Crippen LogP contribution in [0.5, 0.6) is 0 Å². The highest BCUT2D eigenvalue weighted by molar-refractivity contribution is 6.23. The molecule has 0 heterocycles. The van der Waals surface area contributed by atoms with Crippen molar-refractivity contribution in [3.8, 4) is 22.3 Å². The number of aryl methyl sites for hydroxylation is 2.